The minimum Gasteiger partial charge on any atom is -0.307 e. The lowest BCUT2D eigenvalue weighted by Gasteiger charge is -2.14. The van der Waals surface area contributed by atoms with Gasteiger partial charge < -0.3 is 5.32 Å². The van der Waals surface area contributed by atoms with Crippen LogP contribution in [0.1, 0.15) is 50.5 Å². The number of rotatable bonds is 7. The largest absolute Gasteiger partial charge is 0.307 e. The highest BCUT2D eigenvalue weighted by Gasteiger charge is 2.18. The van der Waals surface area contributed by atoms with Crippen LogP contribution in [0.25, 0.3) is 0 Å². The summed E-state index contributed by atoms with van der Waals surface area (Å²) in [6.07, 6.45) is 2.49. The Hall–Kier alpha value is -2.19. The molecular weight excluding hydrogens is 340 g/mol. The summed E-state index contributed by atoms with van der Waals surface area (Å²) in [6.45, 7) is 7.52. The van der Waals surface area contributed by atoms with Crippen molar-refractivity contribution < 1.29 is 13.2 Å². The van der Waals surface area contributed by atoms with Gasteiger partial charge in [0.1, 0.15) is 5.82 Å². The highest BCUT2D eigenvalue weighted by molar-refractivity contribution is 7.89. The van der Waals surface area contributed by atoms with Crippen LogP contribution in [0.15, 0.2) is 41.4 Å². The normalized spacial score (nSPS) is 13.0. The average Bonchev–Trinajstić information content (AvgIpc) is 3.01. The van der Waals surface area contributed by atoms with Gasteiger partial charge in [-0.3, -0.25) is 4.79 Å². The maximum atomic E-state index is 12.5. The summed E-state index contributed by atoms with van der Waals surface area (Å²) in [5, 5.41) is 7.01. The Morgan fingerprint density at radius 2 is 1.96 bits per heavy atom. The van der Waals surface area contributed by atoms with E-state index in [-0.39, 0.29) is 28.4 Å². The zero-order valence-electron chi connectivity index (χ0n) is 14.9. The van der Waals surface area contributed by atoms with E-state index in [0.717, 1.165) is 6.42 Å². The number of benzene rings is 1. The number of sulfonamides is 1. The predicted molar refractivity (Wildman–Crippen MR) is 97.1 cm³/mol. The molecule has 7 nitrogen and oxygen atoms in total. The van der Waals surface area contributed by atoms with Crippen molar-refractivity contribution in [2.45, 2.75) is 51.1 Å². The second kappa shape index (κ2) is 7.79. The van der Waals surface area contributed by atoms with Gasteiger partial charge in [0, 0.05) is 17.7 Å². The van der Waals surface area contributed by atoms with Gasteiger partial charge in [-0.2, -0.15) is 5.10 Å². The van der Waals surface area contributed by atoms with Crippen molar-refractivity contribution in [3.05, 3.63) is 42.1 Å². The van der Waals surface area contributed by atoms with Gasteiger partial charge in [0.25, 0.3) is 5.91 Å². The van der Waals surface area contributed by atoms with Gasteiger partial charge in [-0.05, 0) is 45.4 Å². The van der Waals surface area contributed by atoms with Crippen molar-refractivity contribution in [1.29, 1.82) is 0 Å². The molecule has 25 heavy (non-hydrogen) atoms. The van der Waals surface area contributed by atoms with E-state index in [2.05, 4.69) is 15.1 Å². The first-order chi connectivity index (χ1) is 11.7. The molecule has 0 fully saturated rings. The number of nitrogens with zero attached hydrogens (tertiary/aromatic N) is 2. The molecule has 2 rings (SSSR count). The SMILES string of the molecule is CCC(C)n1nccc1NC(=O)c1cccc(S(=O)(=O)NC(C)C)c1. The first-order valence-electron chi connectivity index (χ1n) is 8.22. The van der Waals surface area contributed by atoms with Crippen LogP contribution >= 0.6 is 0 Å². The Morgan fingerprint density at radius 1 is 1.24 bits per heavy atom. The molecule has 0 aliphatic heterocycles. The van der Waals surface area contributed by atoms with Crippen molar-refractivity contribution in [1.82, 2.24) is 14.5 Å². The molecule has 0 saturated heterocycles. The molecule has 1 atom stereocenters. The van der Waals surface area contributed by atoms with E-state index in [1.54, 1.807) is 42.9 Å². The Morgan fingerprint density at radius 3 is 2.60 bits per heavy atom. The molecule has 0 aliphatic carbocycles. The first-order valence-corrected chi connectivity index (χ1v) is 9.70. The molecule has 1 heterocycles. The lowest BCUT2D eigenvalue weighted by molar-refractivity contribution is 0.102. The molecule has 8 heteroatoms. The zero-order valence-corrected chi connectivity index (χ0v) is 15.7. The third-order valence-electron chi connectivity index (χ3n) is 3.72. The molecule has 0 radical (unpaired) electrons. The molecule has 0 saturated carbocycles. The summed E-state index contributed by atoms with van der Waals surface area (Å²) < 4.78 is 28.8. The number of anilines is 1. The number of hydrogen-bond acceptors (Lipinski definition) is 4. The first kappa shape index (κ1) is 19.1. The molecule has 1 aromatic carbocycles. The van der Waals surface area contributed by atoms with Crippen molar-refractivity contribution in [2.24, 2.45) is 0 Å². The van der Waals surface area contributed by atoms with Crippen LogP contribution in [0.2, 0.25) is 0 Å². The second-order valence-corrected chi connectivity index (χ2v) is 7.89. The monoisotopic (exact) mass is 364 g/mol. The topological polar surface area (TPSA) is 93.1 Å². The number of aromatic nitrogens is 2. The Labute approximate surface area is 148 Å². The van der Waals surface area contributed by atoms with Gasteiger partial charge in [0.15, 0.2) is 0 Å². The molecule has 0 bridgehead atoms. The standard InChI is InChI=1S/C17H24N4O3S/c1-5-13(4)21-16(9-10-18-21)19-17(22)14-7-6-8-15(11-14)25(23,24)20-12(2)3/h6-13,20H,5H2,1-4H3,(H,19,22). The van der Waals surface area contributed by atoms with E-state index in [1.807, 2.05) is 13.8 Å². The number of carbonyl (C=O) groups excluding carboxylic acids is 1. The molecule has 1 aromatic heterocycles. The lowest BCUT2D eigenvalue weighted by atomic mass is 10.2. The summed E-state index contributed by atoms with van der Waals surface area (Å²) in [5.41, 5.74) is 0.267. The summed E-state index contributed by atoms with van der Waals surface area (Å²) in [7, 11) is -3.65. The average molecular weight is 364 g/mol. The number of hydrogen-bond donors (Lipinski definition) is 2. The fraction of sp³-hybridized carbons (Fsp3) is 0.412. The van der Waals surface area contributed by atoms with E-state index in [0.29, 0.717) is 5.82 Å². The van der Waals surface area contributed by atoms with Gasteiger partial charge >= 0.3 is 0 Å². The second-order valence-electron chi connectivity index (χ2n) is 6.18. The summed E-state index contributed by atoms with van der Waals surface area (Å²) in [4.78, 5) is 12.6. The maximum Gasteiger partial charge on any atom is 0.256 e. The fourth-order valence-electron chi connectivity index (χ4n) is 2.31. The van der Waals surface area contributed by atoms with Crippen molar-refractivity contribution in [3.8, 4) is 0 Å². The Kier molecular flexibility index (Phi) is 5.97. The highest BCUT2D eigenvalue weighted by atomic mass is 32.2. The van der Waals surface area contributed by atoms with Crippen LogP contribution in [-0.2, 0) is 10.0 Å². The fourth-order valence-corrected chi connectivity index (χ4v) is 3.61. The number of carbonyl (C=O) groups is 1. The predicted octanol–water partition coefficient (Wildman–Crippen LogP) is 2.79. The van der Waals surface area contributed by atoms with E-state index in [4.69, 9.17) is 0 Å². The molecule has 0 aliphatic rings. The van der Waals surface area contributed by atoms with Crippen molar-refractivity contribution in [3.63, 3.8) is 0 Å². The molecule has 2 N–H and O–H groups in total. The molecule has 2 aromatic rings. The molecular formula is C17H24N4O3S. The minimum absolute atomic E-state index is 0.0595. The van der Waals surface area contributed by atoms with Gasteiger partial charge in [-0.15, -0.1) is 0 Å². The van der Waals surface area contributed by atoms with E-state index in [1.165, 1.54) is 12.1 Å². The summed E-state index contributed by atoms with van der Waals surface area (Å²) in [5.74, 6) is 0.194. The smallest absolute Gasteiger partial charge is 0.256 e. The molecule has 1 unspecified atom stereocenters. The molecule has 0 spiro atoms. The van der Waals surface area contributed by atoms with E-state index in [9.17, 15) is 13.2 Å². The maximum absolute atomic E-state index is 12.5. The van der Waals surface area contributed by atoms with Gasteiger partial charge in [-0.25, -0.2) is 17.8 Å². The number of amides is 1. The third kappa shape index (κ3) is 4.67. The summed E-state index contributed by atoms with van der Waals surface area (Å²) >= 11 is 0. The van der Waals surface area contributed by atoms with Gasteiger partial charge in [-0.1, -0.05) is 13.0 Å². The van der Waals surface area contributed by atoms with Crippen LogP contribution in [0.3, 0.4) is 0 Å². The van der Waals surface area contributed by atoms with Crippen LogP contribution in [-0.4, -0.2) is 30.1 Å². The van der Waals surface area contributed by atoms with Crippen LogP contribution in [0.4, 0.5) is 5.82 Å². The zero-order chi connectivity index (χ0) is 18.6. The van der Waals surface area contributed by atoms with E-state index >= 15 is 0 Å². The summed E-state index contributed by atoms with van der Waals surface area (Å²) in [6, 6.07) is 7.59. The van der Waals surface area contributed by atoms with Crippen molar-refractivity contribution >= 4 is 21.7 Å². The van der Waals surface area contributed by atoms with Crippen molar-refractivity contribution in [2.75, 3.05) is 5.32 Å². The lowest BCUT2D eigenvalue weighted by Crippen LogP contribution is -2.30. The van der Waals surface area contributed by atoms with E-state index < -0.39 is 10.0 Å². The molecule has 1 amide bonds. The van der Waals surface area contributed by atoms with Gasteiger partial charge in [0.05, 0.1) is 17.1 Å². The van der Waals surface area contributed by atoms with Crippen LogP contribution in [0, 0.1) is 0 Å². The van der Waals surface area contributed by atoms with Crippen LogP contribution in [0.5, 0.6) is 0 Å². The quantitative estimate of drug-likeness (QED) is 0.790. The van der Waals surface area contributed by atoms with Gasteiger partial charge in [0.2, 0.25) is 10.0 Å². The third-order valence-corrected chi connectivity index (χ3v) is 5.37. The Balaban J connectivity index is 2.24. The highest BCUT2D eigenvalue weighted by Crippen LogP contribution is 2.18. The van der Waals surface area contributed by atoms with Crippen LogP contribution < -0.4 is 10.0 Å². The molecule has 136 valence electrons. The Bertz CT molecular complexity index is 843. The number of nitrogens with one attached hydrogen (secondary N) is 2. The minimum atomic E-state index is -3.65.